The summed E-state index contributed by atoms with van der Waals surface area (Å²) in [6.45, 7) is 0.355. The van der Waals surface area contributed by atoms with Gasteiger partial charge in [-0.15, -0.1) is 0 Å². The first kappa shape index (κ1) is 15.6. The number of benzene rings is 1. The predicted molar refractivity (Wildman–Crippen MR) is 78.4 cm³/mol. The van der Waals surface area contributed by atoms with Gasteiger partial charge in [0.1, 0.15) is 11.5 Å². The van der Waals surface area contributed by atoms with Crippen molar-refractivity contribution in [2.45, 2.75) is 12.5 Å². The lowest BCUT2D eigenvalue weighted by atomic mass is 10.2. The summed E-state index contributed by atoms with van der Waals surface area (Å²) in [6.07, 6.45) is 0.0324. The van der Waals surface area contributed by atoms with E-state index >= 15 is 0 Å². The molecule has 1 aliphatic heterocycles. The molecule has 21 heavy (non-hydrogen) atoms. The summed E-state index contributed by atoms with van der Waals surface area (Å²) in [5.41, 5.74) is 0.263. The summed E-state index contributed by atoms with van der Waals surface area (Å²) in [4.78, 5) is 11.9. The number of hydrogen-bond acceptors (Lipinski definition) is 6. The molecule has 1 saturated heterocycles. The van der Waals surface area contributed by atoms with E-state index < -0.39 is 15.9 Å². The average molecular weight is 314 g/mol. The minimum atomic E-state index is -3.08. The lowest BCUT2D eigenvalue weighted by Crippen LogP contribution is -2.46. The van der Waals surface area contributed by atoms with Crippen molar-refractivity contribution < 1.29 is 23.1 Å². The molecule has 1 unspecified atom stereocenters. The lowest BCUT2D eigenvalue weighted by Gasteiger charge is -2.23. The molecule has 0 aliphatic carbocycles. The number of amides is 1. The first-order chi connectivity index (χ1) is 9.89. The molecular weight excluding hydrogens is 296 g/mol. The molecule has 1 atom stereocenters. The zero-order chi connectivity index (χ0) is 15.5. The van der Waals surface area contributed by atoms with E-state index in [0.717, 1.165) is 0 Å². The van der Waals surface area contributed by atoms with Gasteiger partial charge in [0.2, 0.25) is 5.91 Å². The lowest BCUT2D eigenvalue weighted by molar-refractivity contribution is -0.116. The van der Waals surface area contributed by atoms with E-state index in [0.29, 0.717) is 12.3 Å². The molecule has 1 aromatic carbocycles. The maximum absolute atomic E-state index is 11.9. The number of nitrogens with one attached hydrogen (secondary N) is 2. The molecule has 3 N–H and O–H groups in total. The van der Waals surface area contributed by atoms with E-state index in [2.05, 4.69) is 10.6 Å². The van der Waals surface area contributed by atoms with Gasteiger partial charge < -0.3 is 20.5 Å². The Morgan fingerprint density at radius 2 is 2.29 bits per heavy atom. The third-order valence-corrected chi connectivity index (χ3v) is 4.95. The minimum Gasteiger partial charge on any atom is -0.506 e. The number of carbonyl (C=O) groups is 1. The van der Waals surface area contributed by atoms with Gasteiger partial charge in [-0.2, -0.15) is 0 Å². The van der Waals surface area contributed by atoms with E-state index in [9.17, 15) is 18.3 Å². The number of anilines is 1. The number of hydrogen-bond donors (Lipinski definition) is 3. The third kappa shape index (κ3) is 4.33. The van der Waals surface area contributed by atoms with E-state index in [1.165, 1.54) is 19.2 Å². The summed E-state index contributed by atoms with van der Waals surface area (Å²) in [5, 5.41) is 15.3. The van der Waals surface area contributed by atoms with Gasteiger partial charge in [0.05, 0.1) is 24.3 Å². The number of carbonyl (C=O) groups excluding carboxylic acids is 1. The molecule has 0 radical (unpaired) electrons. The highest BCUT2D eigenvalue weighted by Gasteiger charge is 2.26. The van der Waals surface area contributed by atoms with Gasteiger partial charge in [0, 0.05) is 25.1 Å². The Bertz CT molecular complexity index is 629. The molecule has 0 saturated carbocycles. The monoisotopic (exact) mass is 314 g/mol. The normalized spacial score (nSPS) is 20.7. The Labute approximate surface area is 123 Å². The maximum Gasteiger partial charge on any atom is 0.226 e. The van der Waals surface area contributed by atoms with Crippen LogP contribution in [-0.2, 0) is 14.6 Å². The molecule has 1 aromatic rings. The van der Waals surface area contributed by atoms with Gasteiger partial charge in [-0.3, -0.25) is 4.79 Å². The van der Waals surface area contributed by atoms with Crippen molar-refractivity contribution in [3.8, 4) is 11.5 Å². The molecule has 116 valence electrons. The van der Waals surface area contributed by atoms with Crippen molar-refractivity contribution in [3.05, 3.63) is 18.2 Å². The Morgan fingerprint density at radius 1 is 1.52 bits per heavy atom. The van der Waals surface area contributed by atoms with Crippen LogP contribution in [0.5, 0.6) is 11.5 Å². The molecule has 0 spiro atoms. The maximum atomic E-state index is 11.9. The Morgan fingerprint density at radius 3 is 2.90 bits per heavy atom. The van der Waals surface area contributed by atoms with Crippen LogP contribution in [0.4, 0.5) is 5.69 Å². The molecule has 1 fully saturated rings. The number of sulfone groups is 1. The molecule has 1 aliphatic rings. The van der Waals surface area contributed by atoms with Crippen LogP contribution in [0.25, 0.3) is 0 Å². The topological polar surface area (TPSA) is 105 Å². The van der Waals surface area contributed by atoms with Crippen LogP contribution in [0.15, 0.2) is 18.2 Å². The third-order valence-electron chi connectivity index (χ3n) is 3.21. The molecule has 0 aromatic heterocycles. The molecular formula is C13H18N2O5S. The number of aromatic hydroxyl groups is 1. The van der Waals surface area contributed by atoms with Gasteiger partial charge in [-0.1, -0.05) is 0 Å². The van der Waals surface area contributed by atoms with E-state index in [-0.39, 0.29) is 35.3 Å². The molecule has 7 nitrogen and oxygen atoms in total. The standard InChI is InChI=1S/C13H18N2O5S/c1-20-10-2-3-11(12(16)7-10)15-13(17)6-9-8-21(18,19)5-4-14-9/h2-3,7,9,14,16H,4-6,8H2,1H3,(H,15,17). The number of rotatable bonds is 4. The van der Waals surface area contributed by atoms with Crippen LogP contribution in [-0.4, -0.2) is 50.6 Å². The highest BCUT2D eigenvalue weighted by atomic mass is 32.2. The van der Waals surface area contributed by atoms with Crippen LogP contribution < -0.4 is 15.4 Å². The van der Waals surface area contributed by atoms with Crippen LogP contribution in [0.1, 0.15) is 6.42 Å². The Kier molecular flexibility index (Phi) is 4.69. The largest absolute Gasteiger partial charge is 0.506 e. The molecule has 1 heterocycles. The van der Waals surface area contributed by atoms with Crippen molar-refractivity contribution in [3.63, 3.8) is 0 Å². The zero-order valence-electron chi connectivity index (χ0n) is 11.6. The first-order valence-corrected chi connectivity index (χ1v) is 8.32. The fourth-order valence-electron chi connectivity index (χ4n) is 2.17. The average Bonchev–Trinajstić information content (AvgIpc) is 2.39. The number of phenols is 1. The van der Waals surface area contributed by atoms with E-state index in [4.69, 9.17) is 4.74 Å². The quantitative estimate of drug-likeness (QED) is 0.682. The van der Waals surface area contributed by atoms with Gasteiger partial charge >= 0.3 is 0 Å². The number of phenolic OH excluding ortho intramolecular Hbond substituents is 1. The van der Waals surface area contributed by atoms with Crippen LogP contribution >= 0.6 is 0 Å². The predicted octanol–water partition coefficient (Wildman–Crippen LogP) is 0.116. The van der Waals surface area contributed by atoms with Crippen molar-refractivity contribution in [2.75, 3.05) is 30.5 Å². The van der Waals surface area contributed by atoms with Crippen LogP contribution in [0.2, 0.25) is 0 Å². The highest BCUT2D eigenvalue weighted by Crippen LogP contribution is 2.28. The molecule has 2 rings (SSSR count). The molecule has 0 bridgehead atoms. The van der Waals surface area contributed by atoms with Crippen molar-refractivity contribution in [1.82, 2.24) is 5.32 Å². The van der Waals surface area contributed by atoms with Crippen molar-refractivity contribution in [2.24, 2.45) is 0 Å². The summed E-state index contributed by atoms with van der Waals surface area (Å²) >= 11 is 0. The summed E-state index contributed by atoms with van der Waals surface area (Å²) in [5.74, 6) is 0.0712. The van der Waals surface area contributed by atoms with Crippen molar-refractivity contribution in [1.29, 1.82) is 0 Å². The first-order valence-electron chi connectivity index (χ1n) is 6.50. The van der Waals surface area contributed by atoms with E-state index in [1.807, 2.05) is 0 Å². The number of ether oxygens (including phenoxy) is 1. The second-order valence-electron chi connectivity index (χ2n) is 4.90. The fraction of sp³-hybridized carbons (Fsp3) is 0.462. The van der Waals surface area contributed by atoms with Gasteiger partial charge in [0.25, 0.3) is 0 Å². The summed E-state index contributed by atoms with van der Waals surface area (Å²) in [7, 11) is -1.60. The van der Waals surface area contributed by atoms with Crippen LogP contribution in [0.3, 0.4) is 0 Å². The molecule has 8 heteroatoms. The van der Waals surface area contributed by atoms with Crippen LogP contribution in [0, 0.1) is 0 Å². The zero-order valence-corrected chi connectivity index (χ0v) is 12.4. The minimum absolute atomic E-state index is 0.0324. The smallest absolute Gasteiger partial charge is 0.226 e. The second-order valence-corrected chi connectivity index (χ2v) is 7.13. The summed E-state index contributed by atoms with van der Waals surface area (Å²) < 4.78 is 27.9. The fourth-order valence-corrected chi connectivity index (χ4v) is 3.61. The molecule has 1 amide bonds. The Balaban J connectivity index is 1.96. The van der Waals surface area contributed by atoms with E-state index in [1.54, 1.807) is 6.07 Å². The van der Waals surface area contributed by atoms with Crippen molar-refractivity contribution >= 4 is 21.4 Å². The van der Waals surface area contributed by atoms with Gasteiger partial charge in [-0.05, 0) is 12.1 Å². The summed E-state index contributed by atoms with van der Waals surface area (Å²) in [6, 6.07) is 4.12. The highest BCUT2D eigenvalue weighted by molar-refractivity contribution is 7.91. The van der Waals surface area contributed by atoms with Gasteiger partial charge in [-0.25, -0.2) is 8.42 Å². The van der Waals surface area contributed by atoms with Gasteiger partial charge in [0.15, 0.2) is 9.84 Å². The number of methoxy groups -OCH3 is 1. The Hall–Kier alpha value is -1.80. The SMILES string of the molecule is COc1ccc(NC(=O)CC2CS(=O)(=O)CCN2)c(O)c1. The second kappa shape index (κ2) is 6.31.